The van der Waals surface area contributed by atoms with Crippen LogP contribution in [0.5, 0.6) is 0 Å². The number of thiophene rings is 1. The summed E-state index contributed by atoms with van der Waals surface area (Å²) in [4.78, 5) is 23.4. The van der Waals surface area contributed by atoms with Crippen molar-refractivity contribution < 1.29 is 14.7 Å². The molecule has 2 amide bonds. The number of carbonyl (C=O) groups excluding carboxylic acids is 1. The van der Waals surface area contributed by atoms with Gasteiger partial charge in [-0.05, 0) is 30.2 Å². The summed E-state index contributed by atoms with van der Waals surface area (Å²) in [6.07, 6.45) is 4.72. The average molecular weight is 282 g/mol. The van der Waals surface area contributed by atoms with E-state index in [-0.39, 0.29) is 0 Å². The largest absolute Gasteiger partial charge is 0.479 e. The highest BCUT2D eigenvalue weighted by atomic mass is 32.1. The third-order valence-electron chi connectivity index (χ3n) is 3.12. The van der Waals surface area contributed by atoms with Crippen LogP contribution in [0, 0.1) is 5.92 Å². The second kappa shape index (κ2) is 6.56. The van der Waals surface area contributed by atoms with E-state index in [4.69, 9.17) is 5.11 Å². The van der Waals surface area contributed by atoms with Crippen molar-refractivity contribution in [2.45, 2.75) is 31.7 Å². The van der Waals surface area contributed by atoms with Crippen molar-refractivity contribution in [3.05, 3.63) is 22.4 Å². The zero-order valence-electron chi connectivity index (χ0n) is 10.6. The molecule has 0 aliphatic heterocycles. The van der Waals surface area contributed by atoms with E-state index in [2.05, 4.69) is 10.6 Å². The minimum absolute atomic E-state index is 0.420. The summed E-state index contributed by atoms with van der Waals surface area (Å²) in [5, 5.41) is 16.1. The van der Waals surface area contributed by atoms with Crippen molar-refractivity contribution in [2.24, 2.45) is 5.92 Å². The molecule has 1 unspecified atom stereocenters. The number of hydrogen-bond donors (Lipinski definition) is 3. The van der Waals surface area contributed by atoms with Crippen LogP contribution in [0.3, 0.4) is 0 Å². The number of carboxylic acids is 1. The van der Waals surface area contributed by atoms with Gasteiger partial charge in [0.15, 0.2) is 6.04 Å². The predicted octanol–water partition coefficient (Wildman–Crippen LogP) is 2.36. The lowest BCUT2D eigenvalue weighted by Gasteiger charge is -2.13. The Kier molecular flexibility index (Phi) is 4.79. The van der Waals surface area contributed by atoms with Crippen LogP contribution in [-0.2, 0) is 4.79 Å². The zero-order chi connectivity index (χ0) is 13.7. The minimum Gasteiger partial charge on any atom is -0.479 e. The summed E-state index contributed by atoms with van der Waals surface area (Å²) in [5.41, 5.74) is 0. The Morgan fingerprint density at radius 2 is 2.26 bits per heavy atom. The fraction of sp³-hybridized carbons (Fsp3) is 0.538. The smallest absolute Gasteiger partial charge is 0.331 e. The molecular weight excluding hydrogens is 264 g/mol. The van der Waals surface area contributed by atoms with Crippen LogP contribution in [0.25, 0.3) is 0 Å². The van der Waals surface area contributed by atoms with Crippen LogP contribution in [0.15, 0.2) is 17.5 Å². The first kappa shape index (κ1) is 13.9. The van der Waals surface area contributed by atoms with Crippen LogP contribution < -0.4 is 10.6 Å². The van der Waals surface area contributed by atoms with Gasteiger partial charge in [-0.15, -0.1) is 11.3 Å². The fourth-order valence-electron chi connectivity index (χ4n) is 1.89. The normalized spacial score (nSPS) is 15.8. The van der Waals surface area contributed by atoms with Crippen molar-refractivity contribution in [1.29, 1.82) is 0 Å². The van der Waals surface area contributed by atoms with Crippen molar-refractivity contribution in [2.75, 3.05) is 6.54 Å². The van der Waals surface area contributed by atoms with E-state index >= 15 is 0 Å². The molecule has 1 heterocycles. The van der Waals surface area contributed by atoms with Crippen molar-refractivity contribution in [3.8, 4) is 0 Å². The molecule has 2 rings (SSSR count). The number of hydrogen-bond acceptors (Lipinski definition) is 3. The number of nitrogens with one attached hydrogen (secondary N) is 2. The van der Waals surface area contributed by atoms with E-state index in [0.717, 1.165) is 18.8 Å². The van der Waals surface area contributed by atoms with Gasteiger partial charge in [-0.3, -0.25) is 0 Å². The Labute approximate surface area is 116 Å². The molecule has 3 N–H and O–H groups in total. The monoisotopic (exact) mass is 282 g/mol. The molecule has 0 spiro atoms. The molecule has 1 aromatic rings. The van der Waals surface area contributed by atoms with Crippen molar-refractivity contribution >= 4 is 23.3 Å². The molecular formula is C13H18N2O3S. The molecule has 1 aromatic heterocycles. The topological polar surface area (TPSA) is 78.4 Å². The average Bonchev–Trinajstić information content (AvgIpc) is 3.04. The number of carboxylic acid groups (broad SMARTS) is 1. The minimum atomic E-state index is -1.05. The molecule has 1 aliphatic rings. The number of rotatable bonds is 7. The van der Waals surface area contributed by atoms with E-state index in [1.54, 1.807) is 17.5 Å². The molecule has 19 heavy (non-hydrogen) atoms. The molecule has 5 nitrogen and oxygen atoms in total. The molecule has 1 aliphatic carbocycles. The summed E-state index contributed by atoms with van der Waals surface area (Å²) in [7, 11) is 0. The fourth-order valence-corrected chi connectivity index (χ4v) is 2.66. The maximum Gasteiger partial charge on any atom is 0.331 e. The lowest BCUT2D eigenvalue weighted by atomic mass is 10.2. The number of amides is 2. The van der Waals surface area contributed by atoms with Gasteiger partial charge in [-0.1, -0.05) is 18.9 Å². The second-order valence-corrected chi connectivity index (χ2v) is 5.75. The molecule has 6 heteroatoms. The molecule has 0 aromatic carbocycles. The summed E-state index contributed by atoms with van der Waals surface area (Å²) in [6, 6.07) is 2.09. The Hall–Kier alpha value is -1.56. The van der Waals surface area contributed by atoms with Crippen LogP contribution in [0.4, 0.5) is 4.79 Å². The number of aliphatic carboxylic acids is 1. The van der Waals surface area contributed by atoms with E-state index in [1.807, 2.05) is 0 Å². The molecule has 104 valence electrons. The Morgan fingerprint density at radius 3 is 2.84 bits per heavy atom. The molecule has 1 fully saturated rings. The van der Waals surface area contributed by atoms with Crippen LogP contribution in [-0.4, -0.2) is 23.7 Å². The first-order valence-electron chi connectivity index (χ1n) is 6.47. The highest BCUT2D eigenvalue weighted by Crippen LogP contribution is 2.33. The quantitative estimate of drug-likeness (QED) is 0.672. The standard InChI is InChI=1S/C13H18N2O3S/c16-12(17)11(10-4-2-8-19-10)15-13(18)14-7-1-3-9-5-6-9/h2,4,8-9,11H,1,3,5-7H2,(H,16,17)(H2,14,15,18). The summed E-state index contributed by atoms with van der Waals surface area (Å²) >= 11 is 1.32. The predicted molar refractivity (Wildman–Crippen MR) is 73.2 cm³/mol. The highest BCUT2D eigenvalue weighted by Gasteiger charge is 2.23. The number of carbonyl (C=O) groups is 2. The van der Waals surface area contributed by atoms with Crippen LogP contribution >= 0.6 is 11.3 Å². The van der Waals surface area contributed by atoms with Gasteiger partial charge in [-0.25, -0.2) is 9.59 Å². The van der Waals surface area contributed by atoms with Crippen LogP contribution in [0.2, 0.25) is 0 Å². The van der Waals surface area contributed by atoms with E-state index in [1.165, 1.54) is 24.2 Å². The molecule has 0 bridgehead atoms. The maximum absolute atomic E-state index is 11.6. The lowest BCUT2D eigenvalue weighted by molar-refractivity contribution is -0.139. The van der Waals surface area contributed by atoms with Crippen molar-refractivity contribution in [1.82, 2.24) is 10.6 Å². The first-order chi connectivity index (χ1) is 9.16. The van der Waals surface area contributed by atoms with Gasteiger partial charge in [0, 0.05) is 11.4 Å². The molecule has 1 saturated carbocycles. The molecule has 0 saturated heterocycles. The van der Waals surface area contributed by atoms with Gasteiger partial charge < -0.3 is 15.7 Å². The third kappa shape index (κ3) is 4.55. The van der Waals surface area contributed by atoms with Gasteiger partial charge in [0.2, 0.25) is 0 Å². The Balaban J connectivity index is 1.73. The van der Waals surface area contributed by atoms with E-state index < -0.39 is 18.0 Å². The Morgan fingerprint density at radius 1 is 1.47 bits per heavy atom. The lowest BCUT2D eigenvalue weighted by Crippen LogP contribution is -2.40. The first-order valence-corrected chi connectivity index (χ1v) is 7.35. The summed E-state index contributed by atoms with van der Waals surface area (Å²) in [6.45, 7) is 0.596. The van der Waals surface area contributed by atoms with E-state index in [9.17, 15) is 9.59 Å². The summed E-state index contributed by atoms with van der Waals surface area (Å²) < 4.78 is 0. The van der Waals surface area contributed by atoms with Gasteiger partial charge in [-0.2, -0.15) is 0 Å². The maximum atomic E-state index is 11.6. The second-order valence-electron chi connectivity index (χ2n) is 4.77. The summed E-state index contributed by atoms with van der Waals surface area (Å²) in [5.74, 6) is -0.196. The van der Waals surface area contributed by atoms with Gasteiger partial charge in [0.1, 0.15) is 0 Å². The third-order valence-corrected chi connectivity index (χ3v) is 4.06. The van der Waals surface area contributed by atoms with Crippen LogP contribution in [0.1, 0.15) is 36.6 Å². The molecule has 0 radical (unpaired) electrons. The van der Waals surface area contributed by atoms with E-state index in [0.29, 0.717) is 11.4 Å². The molecule has 1 atom stereocenters. The highest BCUT2D eigenvalue weighted by molar-refractivity contribution is 7.10. The SMILES string of the molecule is O=C(NCCCC1CC1)NC(C(=O)O)c1cccs1. The van der Waals surface area contributed by atoms with Crippen molar-refractivity contribution in [3.63, 3.8) is 0 Å². The Bertz CT molecular complexity index is 429. The van der Waals surface area contributed by atoms with Gasteiger partial charge in [0.25, 0.3) is 0 Å². The number of urea groups is 1. The zero-order valence-corrected chi connectivity index (χ0v) is 11.4. The van der Waals surface area contributed by atoms with Gasteiger partial charge >= 0.3 is 12.0 Å². The van der Waals surface area contributed by atoms with Gasteiger partial charge in [0.05, 0.1) is 0 Å².